The third-order valence-corrected chi connectivity index (χ3v) is 3.53. The maximum absolute atomic E-state index is 12.6. The molecule has 1 N–H and O–H groups in total. The van der Waals surface area contributed by atoms with E-state index in [0.717, 1.165) is 5.56 Å². The smallest absolute Gasteiger partial charge is 0.422 e. The Hall–Kier alpha value is -3.03. The molecule has 8 heteroatoms. The minimum atomic E-state index is -4.59. The van der Waals surface area contributed by atoms with Crippen molar-refractivity contribution >= 4 is 17.7 Å². The van der Waals surface area contributed by atoms with E-state index in [1.807, 2.05) is 36.4 Å². The maximum atomic E-state index is 12.6. The number of alkyl halides is 3. The highest BCUT2D eigenvalue weighted by atomic mass is 19.4. The highest BCUT2D eigenvalue weighted by molar-refractivity contribution is 5.93. The molecule has 0 aromatic heterocycles. The number of halogens is 3. The van der Waals surface area contributed by atoms with Crippen molar-refractivity contribution in [1.82, 2.24) is 5.32 Å². The highest BCUT2D eigenvalue weighted by Crippen LogP contribution is 2.18. The summed E-state index contributed by atoms with van der Waals surface area (Å²) in [7, 11) is 0. The van der Waals surface area contributed by atoms with Gasteiger partial charge in [-0.15, -0.1) is 0 Å². The Labute approximate surface area is 154 Å². The number of rotatable bonds is 7. The quantitative estimate of drug-likeness (QED) is 0.793. The lowest BCUT2D eigenvalue weighted by Gasteiger charge is -2.23. The summed E-state index contributed by atoms with van der Waals surface area (Å²) in [4.78, 5) is 25.4. The van der Waals surface area contributed by atoms with E-state index in [9.17, 15) is 22.8 Å². The van der Waals surface area contributed by atoms with Crippen LogP contribution in [0.1, 0.15) is 12.0 Å². The molecule has 0 heterocycles. The standard InChI is InChI=1S/C19H19F3N2O3/c20-19(21,22)14-27-18(26)23-12-11-17(25)24(16-9-5-2-6-10-16)13-15-7-3-1-4-8-15/h1-10H,11-14H2,(H,23,26). The number of hydrogen-bond donors (Lipinski definition) is 1. The molecule has 2 aromatic rings. The molecule has 0 atom stereocenters. The number of alkyl carbamates (subject to hydrolysis) is 1. The number of nitrogens with one attached hydrogen (secondary N) is 1. The van der Waals surface area contributed by atoms with Crippen molar-refractivity contribution in [2.45, 2.75) is 19.1 Å². The number of carbonyl (C=O) groups is 2. The average Bonchev–Trinajstić information content (AvgIpc) is 2.65. The van der Waals surface area contributed by atoms with Crippen LogP contribution in [-0.2, 0) is 16.1 Å². The first-order chi connectivity index (χ1) is 12.8. The Kier molecular flexibility index (Phi) is 7.22. The molecule has 0 saturated heterocycles. The molecular formula is C19H19F3N2O3. The van der Waals surface area contributed by atoms with Crippen molar-refractivity contribution in [3.63, 3.8) is 0 Å². The Morgan fingerprint density at radius 2 is 1.56 bits per heavy atom. The van der Waals surface area contributed by atoms with E-state index in [2.05, 4.69) is 10.1 Å². The molecule has 0 aliphatic carbocycles. The molecular weight excluding hydrogens is 361 g/mol. The fourth-order valence-electron chi connectivity index (χ4n) is 2.30. The zero-order valence-corrected chi connectivity index (χ0v) is 14.4. The van der Waals surface area contributed by atoms with Crippen molar-refractivity contribution < 1.29 is 27.5 Å². The third-order valence-electron chi connectivity index (χ3n) is 3.53. The number of benzene rings is 2. The molecule has 27 heavy (non-hydrogen) atoms. The van der Waals surface area contributed by atoms with E-state index in [-0.39, 0.29) is 18.9 Å². The summed E-state index contributed by atoms with van der Waals surface area (Å²) in [6, 6.07) is 18.4. The first-order valence-corrected chi connectivity index (χ1v) is 8.22. The van der Waals surface area contributed by atoms with E-state index in [1.54, 1.807) is 29.2 Å². The second kappa shape index (κ2) is 9.61. The van der Waals surface area contributed by atoms with Gasteiger partial charge in [-0.05, 0) is 17.7 Å². The predicted octanol–water partition coefficient (Wildman–Crippen LogP) is 3.90. The van der Waals surface area contributed by atoms with Gasteiger partial charge in [0.2, 0.25) is 5.91 Å². The highest BCUT2D eigenvalue weighted by Gasteiger charge is 2.29. The Bertz CT molecular complexity index is 737. The Morgan fingerprint density at radius 3 is 2.15 bits per heavy atom. The van der Waals surface area contributed by atoms with Gasteiger partial charge in [0.05, 0.1) is 6.54 Å². The van der Waals surface area contributed by atoms with E-state index in [0.29, 0.717) is 12.2 Å². The predicted molar refractivity (Wildman–Crippen MR) is 94.1 cm³/mol. The fourth-order valence-corrected chi connectivity index (χ4v) is 2.30. The van der Waals surface area contributed by atoms with Gasteiger partial charge >= 0.3 is 12.3 Å². The van der Waals surface area contributed by atoms with Gasteiger partial charge in [0.25, 0.3) is 0 Å². The lowest BCUT2D eigenvalue weighted by Crippen LogP contribution is -2.35. The van der Waals surface area contributed by atoms with Crippen molar-refractivity contribution in [3.8, 4) is 0 Å². The normalized spacial score (nSPS) is 10.9. The number of carbonyl (C=O) groups excluding carboxylic acids is 2. The molecule has 0 spiro atoms. The van der Waals surface area contributed by atoms with E-state index in [1.165, 1.54) is 0 Å². The summed E-state index contributed by atoms with van der Waals surface area (Å²) in [5.74, 6) is -0.277. The van der Waals surface area contributed by atoms with Gasteiger partial charge in [0.15, 0.2) is 6.61 Å². The number of para-hydroxylation sites is 1. The fraction of sp³-hybridized carbons (Fsp3) is 0.263. The van der Waals surface area contributed by atoms with Crippen LogP contribution in [0.15, 0.2) is 60.7 Å². The van der Waals surface area contributed by atoms with Gasteiger partial charge in [-0.1, -0.05) is 48.5 Å². The molecule has 0 aliphatic rings. The molecule has 2 rings (SSSR count). The first-order valence-electron chi connectivity index (χ1n) is 8.22. The van der Waals surface area contributed by atoms with Crippen LogP contribution in [0.3, 0.4) is 0 Å². The molecule has 0 fully saturated rings. The summed E-state index contributed by atoms with van der Waals surface area (Å²) in [5.41, 5.74) is 1.61. The molecule has 0 saturated carbocycles. The van der Waals surface area contributed by atoms with Crippen LogP contribution in [0.2, 0.25) is 0 Å². The number of nitrogens with zero attached hydrogens (tertiary/aromatic N) is 1. The molecule has 5 nitrogen and oxygen atoms in total. The molecule has 144 valence electrons. The second-order valence-corrected chi connectivity index (χ2v) is 5.67. The minimum Gasteiger partial charge on any atom is -0.440 e. The van der Waals surface area contributed by atoms with Crippen LogP contribution in [-0.4, -0.2) is 31.3 Å². The topological polar surface area (TPSA) is 58.6 Å². The van der Waals surface area contributed by atoms with Crippen molar-refractivity contribution in [1.29, 1.82) is 0 Å². The monoisotopic (exact) mass is 380 g/mol. The number of anilines is 1. The lowest BCUT2D eigenvalue weighted by atomic mass is 10.2. The SMILES string of the molecule is O=C(NCCC(=O)N(Cc1ccccc1)c1ccccc1)OCC(F)(F)F. The van der Waals surface area contributed by atoms with Crippen LogP contribution < -0.4 is 10.2 Å². The van der Waals surface area contributed by atoms with Gasteiger partial charge < -0.3 is 15.0 Å². The summed E-state index contributed by atoms with van der Waals surface area (Å²) >= 11 is 0. The van der Waals surface area contributed by atoms with Gasteiger partial charge in [0, 0.05) is 18.7 Å². The summed E-state index contributed by atoms with van der Waals surface area (Å²) in [5, 5.41) is 2.15. The summed E-state index contributed by atoms with van der Waals surface area (Å²) < 4.78 is 40.0. The van der Waals surface area contributed by atoms with E-state index >= 15 is 0 Å². The minimum absolute atomic E-state index is 0.0805. The van der Waals surface area contributed by atoms with Crippen LogP contribution in [0.5, 0.6) is 0 Å². The molecule has 0 aliphatic heterocycles. The van der Waals surface area contributed by atoms with Crippen molar-refractivity contribution in [2.24, 2.45) is 0 Å². The average molecular weight is 380 g/mol. The second-order valence-electron chi connectivity index (χ2n) is 5.67. The van der Waals surface area contributed by atoms with Gasteiger partial charge in [-0.2, -0.15) is 13.2 Å². The van der Waals surface area contributed by atoms with Gasteiger partial charge in [0.1, 0.15) is 0 Å². The number of ether oxygens (including phenoxy) is 1. The van der Waals surface area contributed by atoms with Gasteiger partial charge in [-0.25, -0.2) is 4.79 Å². The lowest BCUT2D eigenvalue weighted by molar-refractivity contribution is -0.160. The first kappa shape index (κ1) is 20.3. The number of amides is 2. The Morgan fingerprint density at radius 1 is 0.963 bits per heavy atom. The zero-order chi connectivity index (χ0) is 19.7. The summed E-state index contributed by atoms with van der Waals surface area (Å²) in [6.45, 7) is -1.47. The van der Waals surface area contributed by atoms with E-state index < -0.39 is 18.9 Å². The van der Waals surface area contributed by atoms with Crippen LogP contribution in [0.4, 0.5) is 23.7 Å². The molecule has 0 unspecified atom stereocenters. The molecule has 0 bridgehead atoms. The van der Waals surface area contributed by atoms with E-state index in [4.69, 9.17) is 0 Å². The van der Waals surface area contributed by atoms with Crippen LogP contribution >= 0.6 is 0 Å². The van der Waals surface area contributed by atoms with Crippen LogP contribution in [0, 0.1) is 0 Å². The Balaban J connectivity index is 1.93. The molecule has 0 radical (unpaired) electrons. The molecule has 2 amide bonds. The van der Waals surface area contributed by atoms with Crippen molar-refractivity contribution in [3.05, 3.63) is 66.2 Å². The summed E-state index contributed by atoms with van der Waals surface area (Å²) in [6.07, 6.45) is -5.88. The van der Waals surface area contributed by atoms with Crippen molar-refractivity contribution in [2.75, 3.05) is 18.1 Å². The third kappa shape index (κ3) is 7.39. The molecule has 2 aromatic carbocycles. The maximum Gasteiger partial charge on any atom is 0.422 e. The number of hydrogen-bond acceptors (Lipinski definition) is 3. The zero-order valence-electron chi connectivity index (χ0n) is 14.4. The van der Waals surface area contributed by atoms with Gasteiger partial charge in [-0.3, -0.25) is 4.79 Å². The van der Waals surface area contributed by atoms with Crippen LogP contribution in [0.25, 0.3) is 0 Å². The largest absolute Gasteiger partial charge is 0.440 e.